The van der Waals surface area contributed by atoms with E-state index >= 15 is 0 Å². The average molecular weight is 489 g/mol. The maximum absolute atomic E-state index is 11.2. The molecule has 2 heterocycles. The fourth-order valence-corrected chi connectivity index (χ4v) is 4.34. The lowest BCUT2D eigenvalue weighted by atomic mass is 9.95. The highest BCUT2D eigenvalue weighted by Crippen LogP contribution is 2.35. The Morgan fingerprint density at radius 2 is 1.81 bits per heavy atom. The molecule has 0 saturated heterocycles. The summed E-state index contributed by atoms with van der Waals surface area (Å²) < 4.78 is 6.32. The lowest BCUT2D eigenvalue weighted by Crippen LogP contribution is -2.31. The van der Waals surface area contributed by atoms with Crippen LogP contribution in [-0.4, -0.2) is 32.6 Å². The predicted molar refractivity (Wildman–Crippen MR) is 127 cm³/mol. The number of carboxylic acid groups (broad SMARTS) is 1. The zero-order chi connectivity index (χ0) is 22.9. The van der Waals surface area contributed by atoms with Crippen molar-refractivity contribution in [2.75, 3.05) is 11.9 Å². The maximum atomic E-state index is 11.2. The van der Waals surface area contributed by atoms with Gasteiger partial charge in [-0.3, -0.25) is 4.79 Å². The normalized spacial score (nSPS) is 11.5. The maximum Gasteiger partial charge on any atom is 0.316 e. The minimum Gasteiger partial charge on any atom is -0.481 e. The van der Waals surface area contributed by atoms with Crippen molar-refractivity contribution in [3.8, 4) is 17.1 Å². The number of anilines is 2. The number of hydrogen-bond donors (Lipinski definition) is 2. The number of hydrogen-bond acceptors (Lipinski definition) is 7. The van der Waals surface area contributed by atoms with Crippen LogP contribution in [0.25, 0.3) is 21.3 Å². The first kappa shape index (κ1) is 22.3. The fraction of sp³-hybridized carbons (Fsp3) is 0.182. The number of aromatic nitrogens is 3. The number of ether oxygens (including phenoxy) is 1. The van der Waals surface area contributed by atoms with Gasteiger partial charge in [0.1, 0.15) is 12.1 Å². The lowest BCUT2D eigenvalue weighted by Gasteiger charge is -2.18. The summed E-state index contributed by atoms with van der Waals surface area (Å²) in [7, 11) is 0. The average Bonchev–Trinajstić information content (AvgIpc) is 3.16. The smallest absolute Gasteiger partial charge is 0.316 e. The molecule has 2 aromatic heterocycles. The summed E-state index contributed by atoms with van der Waals surface area (Å²) >= 11 is 13.7. The van der Waals surface area contributed by atoms with Gasteiger partial charge in [-0.25, -0.2) is 15.0 Å². The highest BCUT2D eigenvalue weighted by molar-refractivity contribution is 7.22. The molecule has 2 aromatic carbocycles. The molecule has 4 rings (SSSR count). The van der Waals surface area contributed by atoms with Crippen molar-refractivity contribution in [3.05, 3.63) is 58.8 Å². The number of benzene rings is 2. The summed E-state index contributed by atoms with van der Waals surface area (Å²) in [6, 6.07) is 11.4. The third-order valence-electron chi connectivity index (χ3n) is 4.65. The van der Waals surface area contributed by atoms with Gasteiger partial charge in [0.05, 0.1) is 15.1 Å². The summed E-state index contributed by atoms with van der Waals surface area (Å²) in [5, 5.41) is 14.2. The van der Waals surface area contributed by atoms with Gasteiger partial charge in [0.15, 0.2) is 5.13 Å². The molecule has 0 bridgehead atoms. The SMILES string of the molecule is CC(C)(COc1ncc(-c2ccc(Nc3nc4c(Cl)cc(Cl)cc4s3)cc2)cn1)C(=O)O. The number of carboxylic acids is 1. The molecule has 4 aromatic rings. The van der Waals surface area contributed by atoms with Crippen molar-refractivity contribution >= 4 is 61.5 Å². The van der Waals surface area contributed by atoms with Gasteiger partial charge in [-0.2, -0.15) is 0 Å². The van der Waals surface area contributed by atoms with Gasteiger partial charge in [-0.15, -0.1) is 0 Å². The summed E-state index contributed by atoms with van der Waals surface area (Å²) in [5.74, 6) is -0.944. The quantitative estimate of drug-likeness (QED) is 0.315. The van der Waals surface area contributed by atoms with Crippen LogP contribution in [0.2, 0.25) is 10.0 Å². The molecule has 0 spiro atoms. The second-order valence-electron chi connectivity index (χ2n) is 7.69. The van der Waals surface area contributed by atoms with Crippen molar-refractivity contribution in [2.45, 2.75) is 13.8 Å². The Morgan fingerprint density at radius 1 is 1.12 bits per heavy atom. The summed E-state index contributed by atoms with van der Waals surface area (Å²) in [6.07, 6.45) is 3.27. The Morgan fingerprint density at radius 3 is 2.47 bits per heavy atom. The Labute approximate surface area is 198 Å². The van der Waals surface area contributed by atoms with Crippen LogP contribution in [0, 0.1) is 5.41 Å². The van der Waals surface area contributed by atoms with Gasteiger partial charge in [0, 0.05) is 28.7 Å². The molecule has 0 radical (unpaired) electrons. The number of thiazole rings is 1. The molecule has 2 N–H and O–H groups in total. The number of halogens is 2. The van der Waals surface area contributed by atoms with Crippen molar-refractivity contribution in [1.82, 2.24) is 15.0 Å². The Balaban J connectivity index is 1.43. The molecular formula is C22H18Cl2N4O3S. The molecule has 0 aliphatic heterocycles. The molecule has 32 heavy (non-hydrogen) atoms. The zero-order valence-corrected chi connectivity index (χ0v) is 19.4. The summed E-state index contributed by atoms with van der Waals surface area (Å²) in [5.41, 5.74) is 2.29. The number of nitrogens with one attached hydrogen (secondary N) is 1. The molecule has 0 amide bonds. The monoisotopic (exact) mass is 488 g/mol. The molecule has 0 fully saturated rings. The summed E-state index contributed by atoms with van der Waals surface area (Å²) in [6.45, 7) is 3.14. The molecule has 0 saturated carbocycles. The van der Waals surface area contributed by atoms with Crippen LogP contribution in [0.3, 0.4) is 0 Å². The van der Waals surface area contributed by atoms with Crippen LogP contribution in [0.15, 0.2) is 48.8 Å². The molecule has 0 atom stereocenters. The van der Waals surface area contributed by atoms with Gasteiger partial charge in [-0.05, 0) is 43.7 Å². The van der Waals surface area contributed by atoms with Crippen LogP contribution in [0.4, 0.5) is 10.8 Å². The Kier molecular flexibility index (Phi) is 6.19. The first-order valence-corrected chi connectivity index (χ1v) is 11.1. The standard InChI is InChI=1S/C22H18Cl2N4O3S/c1-22(2,19(29)30)11-31-20-25-9-13(10-26-20)12-3-5-15(6-4-12)27-21-28-18-16(24)7-14(23)8-17(18)32-21/h3-10H,11H2,1-2H3,(H,27,28)(H,29,30). The molecule has 7 nitrogen and oxygen atoms in total. The molecule has 164 valence electrons. The second-order valence-corrected chi connectivity index (χ2v) is 9.56. The van der Waals surface area contributed by atoms with E-state index in [9.17, 15) is 4.79 Å². The van der Waals surface area contributed by atoms with Crippen molar-refractivity contribution in [1.29, 1.82) is 0 Å². The van der Waals surface area contributed by atoms with Crippen LogP contribution in [-0.2, 0) is 4.79 Å². The van der Waals surface area contributed by atoms with E-state index in [0.717, 1.165) is 21.5 Å². The van der Waals surface area contributed by atoms with E-state index in [1.165, 1.54) is 11.3 Å². The molecule has 0 aliphatic rings. The van der Waals surface area contributed by atoms with Gasteiger partial charge in [0.25, 0.3) is 0 Å². The van der Waals surface area contributed by atoms with Crippen molar-refractivity contribution in [3.63, 3.8) is 0 Å². The zero-order valence-electron chi connectivity index (χ0n) is 17.1. The van der Waals surface area contributed by atoms with Gasteiger partial charge in [-0.1, -0.05) is 46.7 Å². The Bertz CT molecular complexity index is 1280. The highest BCUT2D eigenvalue weighted by atomic mass is 35.5. The third-order valence-corrected chi connectivity index (χ3v) is 6.08. The number of nitrogens with zero attached hydrogens (tertiary/aromatic N) is 3. The fourth-order valence-electron chi connectivity index (χ4n) is 2.73. The van der Waals surface area contributed by atoms with Crippen LogP contribution in [0.5, 0.6) is 6.01 Å². The number of rotatable bonds is 7. The van der Waals surface area contributed by atoms with Crippen molar-refractivity contribution in [2.24, 2.45) is 5.41 Å². The van der Waals surface area contributed by atoms with E-state index < -0.39 is 11.4 Å². The van der Waals surface area contributed by atoms with E-state index in [1.54, 1.807) is 32.3 Å². The lowest BCUT2D eigenvalue weighted by molar-refractivity contribution is -0.148. The minimum atomic E-state index is -1.02. The molecule has 0 unspecified atom stereocenters. The number of carbonyl (C=O) groups is 1. The topological polar surface area (TPSA) is 97.2 Å². The first-order valence-electron chi connectivity index (χ1n) is 9.52. The molecular weight excluding hydrogens is 471 g/mol. The largest absolute Gasteiger partial charge is 0.481 e. The summed E-state index contributed by atoms with van der Waals surface area (Å²) in [4.78, 5) is 24.0. The van der Waals surface area contributed by atoms with E-state index in [2.05, 4.69) is 20.3 Å². The Hall–Kier alpha value is -2.94. The number of aliphatic carboxylic acids is 1. The van der Waals surface area contributed by atoms with Gasteiger partial charge >= 0.3 is 12.0 Å². The molecule has 10 heteroatoms. The van der Waals surface area contributed by atoms with Gasteiger partial charge in [0.2, 0.25) is 0 Å². The highest BCUT2D eigenvalue weighted by Gasteiger charge is 2.28. The van der Waals surface area contributed by atoms with E-state index in [1.807, 2.05) is 30.3 Å². The van der Waals surface area contributed by atoms with Crippen molar-refractivity contribution < 1.29 is 14.6 Å². The van der Waals surface area contributed by atoms with E-state index in [0.29, 0.717) is 20.7 Å². The van der Waals surface area contributed by atoms with Gasteiger partial charge < -0.3 is 15.2 Å². The minimum absolute atomic E-state index is 0.0226. The third kappa shape index (κ3) is 4.93. The number of fused-ring (bicyclic) bond motifs is 1. The molecule has 0 aliphatic carbocycles. The van der Waals surface area contributed by atoms with E-state index in [-0.39, 0.29) is 12.6 Å². The van der Waals surface area contributed by atoms with Crippen LogP contribution < -0.4 is 10.1 Å². The van der Waals surface area contributed by atoms with Crippen LogP contribution >= 0.6 is 34.5 Å². The second kappa shape index (κ2) is 8.90. The van der Waals surface area contributed by atoms with E-state index in [4.69, 9.17) is 33.0 Å². The predicted octanol–water partition coefficient (Wildman–Crippen LogP) is 6.29. The van der Waals surface area contributed by atoms with Crippen LogP contribution in [0.1, 0.15) is 13.8 Å². The first-order chi connectivity index (χ1) is 15.2.